The van der Waals surface area contributed by atoms with E-state index in [2.05, 4.69) is 24.3 Å². The van der Waals surface area contributed by atoms with Crippen molar-refractivity contribution in [1.29, 1.82) is 0 Å². The Morgan fingerprint density at radius 3 is 2.48 bits per heavy atom. The van der Waals surface area contributed by atoms with Gasteiger partial charge in [0.25, 0.3) is 0 Å². The zero-order chi connectivity index (χ0) is 14.7. The lowest BCUT2D eigenvalue weighted by atomic mass is 9.96. The molecule has 3 aromatic rings. The normalized spacial score (nSPS) is 12.3. The van der Waals surface area contributed by atoms with Crippen LogP contribution < -0.4 is 4.74 Å². The first kappa shape index (κ1) is 13.7. The van der Waals surface area contributed by atoms with Gasteiger partial charge in [0.05, 0.1) is 13.2 Å². The highest BCUT2D eigenvalue weighted by atomic mass is 16.5. The van der Waals surface area contributed by atoms with Gasteiger partial charge in [0.1, 0.15) is 5.75 Å². The minimum atomic E-state index is -0.577. The van der Waals surface area contributed by atoms with E-state index < -0.39 is 6.10 Å². The van der Waals surface area contributed by atoms with Gasteiger partial charge in [-0.3, -0.25) is 0 Å². The van der Waals surface area contributed by atoms with Crippen molar-refractivity contribution >= 4 is 10.8 Å². The number of benzene rings is 3. The average Bonchev–Trinajstić information content (AvgIpc) is 2.55. The van der Waals surface area contributed by atoms with Gasteiger partial charge in [-0.15, -0.1) is 0 Å². The Morgan fingerprint density at radius 2 is 1.62 bits per heavy atom. The molecule has 0 amide bonds. The third-order valence-corrected chi connectivity index (χ3v) is 3.79. The van der Waals surface area contributed by atoms with Crippen LogP contribution in [0.25, 0.3) is 10.8 Å². The molecule has 0 saturated carbocycles. The topological polar surface area (TPSA) is 29.5 Å². The van der Waals surface area contributed by atoms with Crippen LogP contribution in [-0.4, -0.2) is 12.2 Å². The van der Waals surface area contributed by atoms with Gasteiger partial charge in [-0.2, -0.15) is 0 Å². The fourth-order valence-electron chi connectivity index (χ4n) is 2.73. The SMILES string of the molecule is COc1ccccc1C(O)Cc1cccc2ccccc12. The summed E-state index contributed by atoms with van der Waals surface area (Å²) in [6.07, 6.45) is -0.00574. The summed E-state index contributed by atoms with van der Waals surface area (Å²) in [4.78, 5) is 0. The second kappa shape index (κ2) is 5.98. The third-order valence-electron chi connectivity index (χ3n) is 3.79. The number of aliphatic hydroxyl groups excluding tert-OH is 1. The van der Waals surface area contributed by atoms with Gasteiger partial charge in [-0.25, -0.2) is 0 Å². The number of aliphatic hydroxyl groups is 1. The van der Waals surface area contributed by atoms with Crippen LogP contribution >= 0.6 is 0 Å². The third kappa shape index (κ3) is 2.76. The number of methoxy groups -OCH3 is 1. The molecule has 0 saturated heterocycles. The molecule has 0 radical (unpaired) electrons. The number of rotatable bonds is 4. The lowest BCUT2D eigenvalue weighted by molar-refractivity contribution is 0.174. The molecule has 3 aromatic carbocycles. The van der Waals surface area contributed by atoms with Crippen molar-refractivity contribution in [2.45, 2.75) is 12.5 Å². The molecule has 0 bridgehead atoms. The summed E-state index contributed by atoms with van der Waals surface area (Å²) in [6, 6.07) is 22.1. The molecule has 2 nitrogen and oxygen atoms in total. The zero-order valence-corrected chi connectivity index (χ0v) is 12.0. The van der Waals surface area contributed by atoms with Gasteiger partial charge in [-0.05, 0) is 22.4 Å². The van der Waals surface area contributed by atoms with Gasteiger partial charge in [-0.1, -0.05) is 60.7 Å². The van der Waals surface area contributed by atoms with Crippen molar-refractivity contribution in [1.82, 2.24) is 0 Å². The zero-order valence-electron chi connectivity index (χ0n) is 12.0. The van der Waals surface area contributed by atoms with E-state index in [1.807, 2.05) is 42.5 Å². The first-order valence-electron chi connectivity index (χ1n) is 7.07. The maximum Gasteiger partial charge on any atom is 0.124 e. The fraction of sp³-hybridized carbons (Fsp3) is 0.158. The van der Waals surface area contributed by atoms with E-state index >= 15 is 0 Å². The number of hydrogen-bond donors (Lipinski definition) is 1. The average molecular weight is 278 g/mol. The lowest BCUT2D eigenvalue weighted by Gasteiger charge is -2.16. The van der Waals surface area contributed by atoms with Crippen molar-refractivity contribution in [3.63, 3.8) is 0 Å². The van der Waals surface area contributed by atoms with Crippen molar-refractivity contribution in [2.75, 3.05) is 7.11 Å². The van der Waals surface area contributed by atoms with Gasteiger partial charge >= 0.3 is 0 Å². The standard InChI is InChI=1S/C19H18O2/c1-21-19-12-5-4-11-17(19)18(20)13-15-9-6-8-14-7-2-3-10-16(14)15/h2-12,18,20H,13H2,1H3. The van der Waals surface area contributed by atoms with Crippen LogP contribution in [0, 0.1) is 0 Å². The maximum atomic E-state index is 10.6. The largest absolute Gasteiger partial charge is 0.496 e. The van der Waals surface area contributed by atoms with Gasteiger partial charge < -0.3 is 9.84 Å². The minimum absolute atomic E-state index is 0.571. The molecule has 0 fully saturated rings. The molecule has 0 aliphatic carbocycles. The number of fused-ring (bicyclic) bond motifs is 1. The summed E-state index contributed by atoms with van der Waals surface area (Å²) in [7, 11) is 1.63. The van der Waals surface area contributed by atoms with Crippen LogP contribution in [-0.2, 0) is 6.42 Å². The van der Waals surface area contributed by atoms with Crippen LogP contribution in [0.15, 0.2) is 66.7 Å². The molecule has 1 unspecified atom stereocenters. The van der Waals surface area contributed by atoms with Gasteiger partial charge in [0.2, 0.25) is 0 Å². The summed E-state index contributed by atoms with van der Waals surface area (Å²) in [6.45, 7) is 0. The Labute approximate surface area is 124 Å². The second-order valence-corrected chi connectivity index (χ2v) is 5.10. The molecule has 1 atom stereocenters. The van der Waals surface area contributed by atoms with E-state index in [0.29, 0.717) is 6.42 Å². The molecule has 0 heterocycles. The van der Waals surface area contributed by atoms with E-state index in [1.54, 1.807) is 7.11 Å². The lowest BCUT2D eigenvalue weighted by Crippen LogP contribution is -2.04. The van der Waals surface area contributed by atoms with E-state index in [9.17, 15) is 5.11 Å². The van der Waals surface area contributed by atoms with Gasteiger partial charge in [0, 0.05) is 12.0 Å². The molecule has 21 heavy (non-hydrogen) atoms. The predicted octanol–water partition coefficient (Wildman–Crippen LogP) is 4.12. The minimum Gasteiger partial charge on any atom is -0.496 e. The Morgan fingerprint density at radius 1 is 0.905 bits per heavy atom. The smallest absolute Gasteiger partial charge is 0.124 e. The summed E-state index contributed by atoms with van der Waals surface area (Å²) in [5.41, 5.74) is 1.97. The second-order valence-electron chi connectivity index (χ2n) is 5.10. The molecule has 0 aliphatic heterocycles. The van der Waals surface area contributed by atoms with Crippen LogP contribution in [0.5, 0.6) is 5.75 Å². The molecular weight excluding hydrogens is 260 g/mol. The van der Waals surface area contributed by atoms with Crippen LogP contribution in [0.4, 0.5) is 0 Å². The highest BCUT2D eigenvalue weighted by Gasteiger charge is 2.14. The Hall–Kier alpha value is -2.32. The highest BCUT2D eigenvalue weighted by molar-refractivity contribution is 5.85. The highest BCUT2D eigenvalue weighted by Crippen LogP contribution is 2.29. The molecule has 106 valence electrons. The Kier molecular flexibility index (Phi) is 3.89. The van der Waals surface area contributed by atoms with Crippen molar-refractivity contribution in [2.24, 2.45) is 0 Å². The summed E-state index contributed by atoms with van der Waals surface area (Å²) in [5.74, 6) is 0.727. The Bertz CT molecular complexity index is 744. The van der Waals surface area contributed by atoms with E-state index in [4.69, 9.17) is 4.74 Å². The maximum absolute atomic E-state index is 10.6. The molecule has 3 rings (SSSR count). The van der Waals surface area contributed by atoms with Crippen molar-refractivity contribution in [3.05, 3.63) is 77.9 Å². The number of para-hydroxylation sites is 1. The van der Waals surface area contributed by atoms with Crippen molar-refractivity contribution < 1.29 is 9.84 Å². The fourth-order valence-corrected chi connectivity index (χ4v) is 2.73. The van der Waals surface area contributed by atoms with E-state index in [1.165, 1.54) is 10.8 Å². The number of hydrogen-bond acceptors (Lipinski definition) is 2. The molecule has 0 spiro atoms. The Balaban J connectivity index is 1.95. The van der Waals surface area contributed by atoms with Gasteiger partial charge in [0.15, 0.2) is 0 Å². The summed E-state index contributed by atoms with van der Waals surface area (Å²) < 4.78 is 5.33. The van der Waals surface area contributed by atoms with E-state index in [-0.39, 0.29) is 0 Å². The van der Waals surface area contributed by atoms with E-state index in [0.717, 1.165) is 16.9 Å². The first-order chi connectivity index (χ1) is 10.3. The van der Waals surface area contributed by atoms with Crippen LogP contribution in [0.3, 0.4) is 0 Å². The van der Waals surface area contributed by atoms with Crippen LogP contribution in [0.2, 0.25) is 0 Å². The monoisotopic (exact) mass is 278 g/mol. The molecule has 1 N–H and O–H groups in total. The summed E-state index contributed by atoms with van der Waals surface area (Å²) >= 11 is 0. The first-order valence-corrected chi connectivity index (χ1v) is 7.07. The molecule has 2 heteroatoms. The molecule has 0 aliphatic rings. The molecular formula is C19H18O2. The number of ether oxygens (including phenoxy) is 1. The molecule has 0 aromatic heterocycles. The van der Waals surface area contributed by atoms with Crippen LogP contribution in [0.1, 0.15) is 17.2 Å². The predicted molar refractivity (Wildman–Crippen MR) is 85.6 cm³/mol. The summed E-state index contributed by atoms with van der Waals surface area (Å²) in [5, 5.41) is 13.0. The quantitative estimate of drug-likeness (QED) is 0.777. The van der Waals surface area contributed by atoms with Crippen molar-refractivity contribution in [3.8, 4) is 5.75 Å².